The molecule has 2 N–H and O–H groups in total. The molecular formula is C13H17NO3S. The van der Waals surface area contributed by atoms with Crippen molar-refractivity contribution < 1.29 is 14.7 Å². The molecule has 1 atom stereocenters. The van der Waals surface area contributed by atoms with E-state index in [1.165, 1.54) is 11.8 Å². The Bertz CT molecular complexity index is 394. The number of carbonyl (C=O) groups excluding carboxylic acids is 1. The van der Waals surface area contributed by atoms with Crippen molar-refractivity contribution in [3.63, 3.8) is 0 Å². The van der Waals surface area contributed by atoms with Crippen molar-refractivity contribution in [2.45, 2.75) is 18.9 Å². The number of rotatable bonds is 7. The lowest BCUT2D eigenvalue weighted by Crippen LogP contribution is -2.41. The van der Waals surface area contributed by atoms with Gasteiger partial charge in [0.25, 0.3) is 0 Å². The molecule has 98 valence electrons. The predicted octanol–water partition coefficient (Wildman–Crippen LogP) is 1.55. The molecule has 0 unspecified atom stereocenters. The highest BCUT2D eigenvalue weighted by atomic mass is 32.2. The van der Waals surface area contributed by atoms with E-state index in [-0.39, 0.29) is 11.7 Å². The van der Waals surface area contributed by atoms with Crippen LogP contribution in [0.15, 0.2) is 30.3 Å². The number of nitrogens with one attached hydrogen (secondary N) is 1. The highest BCUT2D eigenvalue weighted by molar-refractivity contribution is 7.99. The smallest absolute Gasteiger partial charge is 0.326 e. The van der Waals surface area contributed by atoms with Gasteiger partial charge in [0.05, 0.1) is 5.75 Å². The summed E-state index contributed by atoms with van der Waals surface area (Å²) in [6, 6.07) is 8.82. The Morgan fingerprint density at radius 2 is 2.00 bits per heavy atom. The normalized spacial score (nSPS) is 11.8. The van der Waals surface area contributed by atoms with Crippen molar-refractivity contribution in [2.24, 2.45) is 0 Å². The second kappa shape index (κ2) is 7.76. The molecule has 0 aliphatic rings. The van der Waals surface area contributed by atoms with Gasteiger partial charge in [0, 0.05) is 0 Å². The fourth-order valence-corrected chi connectivity index (χ4v) is 1.93. The van der Waals surface area contributed by atoms with E-state index in [4.69, 9.17) is 5.11 Å². The summed E-state index contributed by atoms with van der Waals surface area (Å²) in [7, 11) is 0. The summed E-state index contributed by atoms with van der Waals surface area (Å²) in [5, 5.41) is 11.6. The van der Waals surface area contributed by atoms with Gasteiger partial charge in [0.15, 0.2) is 0 Å². The van der Waals surface area contributed by atoms with Gasteiger partial charge < -0.3 is 10.4 Å². The number of hydrogen-bond donors (Lipinski definition) is 2. The minimum Gasteiger partial charge on any atom is -0.480 e. The Morgan fingerprint density at radius 3 is 2.56 bits per heavy atom. The number of amides is 1. The molecule has 0 bridgehead atoms. The first-order valence-corrected chi connectivity index (χ1v) is 7.08. The molecule has 5 heteroatoms. The summed E-state index contributed by atoms with van der Waals surface area (Å²) in [6.45, 7) is 0. The molecule has 0 heterocycles. The van der Waals surface area contributed by atoms with Crippen molar-refractivity contribution in [1.29, 1.82) is 0 Å². The summed E-state index contributed by atoms with van der Waals surface area (Å²) in [5.41, 5.74) is 1.07. The summed E-state index contributed by atoms with van der Waals surface area (Å²) >= 11 is 1.37. The van der Waals surface area contributed by atoms with Crippen LogP contribution in [0, 0.1) is 0 Å². The zero-order valence-corrected chi connectivity index (χ0v) is 11.1. The molecule has 0 aliphatic carbocycles. The molecule has 0 aliphatic heterocycles. The Morgan fingerprint density at radius 1 is 1.33 bits per heavy atom. The summed E-state index contributed by atoms with van der Waals surface area (Å²) in [6.07, 6.45) is 2.84. The summed E-state index contributed by atoms with van der Waals surface area (Å²) in [4.78, 5) is 22.4. The van der Waals surface area contributed by atoms with Crippen molar-refractivity contribution in [3.8, 4) is 0 Å². The molecule has 1 aromatic rings. The van der Waals surface area contributed by atoms with E-state index >= 15 is 0 Å². The van der Waals surface area contributed by atoms with Crippen LogP contribution in [-0.4, -0.2) is 35.0 Å². The van der Waals surface area contributed by atoms with Crippen LogP contribution >= 0.6 is 11.8 Å². The van der Waals surface area contributed by atoms with Gasteiger partial charge in [-0.05, 0) is 24.7 Å². The minimum absolute atomic E-state index is 0.233. The van der Waals surface area contributed by atoms with Gasteiger partial charge in [0.1, 0.15) is 6.04 Å². The maximum absolute atomic E-state index is 11.4. The lowest BCUT2D eigenvalue weighted by molar-refractivity contribution is -0.141. The van der Waals surface area contributed by atoms with Crippen LogP contribution in [0.2, 0.25) is 0 Å². The Balaban J connectivity index is 2.48. The number of carbonyl (C=O) groups is 2. The molecule has 0 spiro atoms. The molecule has 0 radical (unpaired) electrons. The van der Waals surface area contributed by atoms with Crippen LogP contribution < -0.4 is 5.32 Å². The zero-order chi connectivity index (χ0) is 13.4. The topological polar surface area (TPSA) is 66.4 Å². The van der Waals surface area contributed by atoms with Crippen LogP contribution in [-0.2, 0) is 16.0 Å². The maximum Gasteiger partial charge on any atom is 0.326 e. The van der Waals surface area contributed by atoms with E-state index in [1.54, 1.807) is 6.26 Å². The van der Waals surface area contributed by atoms with Gasteiger partial charge >= 0.3 is 5.97 Å². The third kappa shape index (κ3) is 5.23. The van der Waals surface area contributed by atoms with Crippen LogP contribution in [0.25, 0.3) is 0 Å². The van der Waals surface area contributed by atoms with Gasteiger partial charge in [0.2, 0.25) is 5.91 Å². The fourth-order valence-electron chi connectivity index (χ4n) is 1.58. The minimum atomic E-state index is -0.986. The predicted molar refractivity (Wildman–Crippen MR) is 72.7 cm³/mol. The second-order valence-corrected chi connectivity index (χ2v) is 4.78. The largest absolute Gasteiger partial charge is 0.480 e. The first-order valence-electron chi connectivity index (χ1n) is 5.68. The Labute approximate surface area is 111 Å². The molecule has 18 heavy (non-hydrogen) atoms. The van der Waals surface area contributed by atoms with E-state index in [2.05, 4.69) is 5.32 Å². The van der Waals surface area contributed by atoms with Crippen LogP contribution in [0.4, 0.5) is 0 Å². The second-order valence-electron chi connectivity index (χ2n) is 3.92. The molecule has 0 fully saturated rings. The number of aliphatic carboxylic acids is 1. The van der Waals surface area contributed by atoms with Crippen LogP contribution in [0.1, 0.15) is 12.0 Å². The van der Waals surface area contributed by atoms with Crippen molar-refractivity contribution in [3.05, 3.63) is 35.9 Å². The molecule has 1 amide bonds. The monoisotopic (exact) mass is 267 g/mol. The molecule has 0 aromatic heterocycles. The first-order chi connectivity index (χ1) is 8.63. The van der Waals surface area contributed by atoms with Gasteiger partial charge in [-0.3, -0.25) is 4.79 Å². The number of carboxylic acids is 1. The van der Waals surface area contributed by atoms with E-state index in [0.717, 1.165) is 5.56 Å². The number of hydrogen-bond acceptors (Lipinski definition) is 3. The van der Waals surface area contributed by atoms with Crippen LogP contribution in [0.5, 0.6) is 0 Å². The van der Waals surface area contributed by atoms with E-state index in [0.29, 0.717) is 12.8 Å². The Hall–Kier alpha value is -1.49. The first kappa shape index (κ1) is 14.6. The summed E-state index contributed by atoms with van der Waals surface area (Å²) in [5.74, 6) is -0.932. The highest BCUT2D eigenvalue weighted by Crippen LogP contribution is 2.05. The zero-order valence-electron chi connectivity index (χ0n) is 10.3. The lowest BCUT2D eigenvalue weighted by Gasteiger charge is -2.14. The average Bonchev–Trinajstić information content (AvgIpc) is 2.35. The number of thioether (sulfide) groups is 1. The lowest BCUT2D eigenvalue weighted by atomic mass is 10.1. The fraction of sp³-hybridized carbons (Fsp3) is 0.385. The molecule has 1 aromatic carbocycles. The number of carboxylic acid groups (broad SMARTS) is 1. The number of aryl methyl sites for hydroxylation is 1. The van der Waals surface area contributed by atoms with Gasteiger partial charge in [-0.15, -0.1) is 0 Å². The third-order valence-corrected chi connectivity index (χ3v) is 3.02. The standard InChI is InChI=1S/C13H17NO3S/c1-18-9-12(15)14-11(13(16)17)8-7-10-5-3-2-4-6-10/h2-6,11H,7-9H2,1H3,(H,14,15)(H,16,17)/t11-/m0/s1. The van der Waals surface area contributed by atoms with Gasteiger partial charge in [-0.25, -0.2) is 4.79 Å². The summed E-state index contributed by atoms with van der Waals surface area (Å²) < 4.78 is 0. The highest BCUT2D eigenvalue weighted by Gasteiger charge is 2.19. The Kier molecular flexibility index (Phi) is 6.28. The molecule has 0 saturated carbocycles. The average molecular weight is 267 g/mol. The van der Waals surface area contributed by atoms with Gasteiger partial charge in [-0.2, -0.15) is 11.8 Å². The molecule has 4 nitrogen and oxygen atoms in total. The van der Waals surface area contributed by atoms with E-state index in [9.17, 15) is 9.59 Å². The van der Waals surface area contributed by atoms with E-state index < -0.39 is 12.0 Å². The van der Waals surface area contributed by atoms with Crippen molar-refractivity contribution in [2.75, 3.05) is 12.0 Å². The molecule has 0 saturated heterocycles. The molecule has 1 rings (SSSR count). The van der Waals surface area contributed by atoms with Gasteiger partial charge in [-0.1, -0.05) is 30.3 Å². The third-order valence-electron chi connectivity index (χ3n) is 2.47. The number of benzene rings is 1. The van der Waals surface area contributed by atoms with Crippen molar-refractivity contribution >= 4 is 23.6 Å². The maximum atomic E-state index is 11.4. The van der Waals surface area contributed by atoms with E-state index in [1.807, 2.05) is 30.3 Å². The quantitative estimate of drug-likeness (QED) is 0.786. The SMILES string of the molecule is CSCC(=O)N[C@@H](CCc1ccccc1)C(=O)O. The molecular weight excluding hydrogens is 250 g/mol. The van der Waals surface area contributed by atoms with Crippen molar-refractivity contribution in [1.82, 2.24) is 5.32 Å². The van der Waals surface area contributed by atoms with Crippen LogP contribution in [0.3, 0.4) is 0 Å².